The summed E-state index contributed by atoms with van der Waals surface area (Å²) in [7, 11) is 0. The van der Waals surface area contributed by atoms with Gasteiger partial charge in [-0.2, -0.15) is 0 Å². The van der Waals surface area contributed by atoms with Crippen LogP contribution in [0.3, 0.4) is 0 Å². The molecule has 0 aromatic heterocycles. The Kier molecular flexibility index (Phi) is 7.12. The molecule has 0 bridgehead atoms. The van der Waals surface area contributed by atoms with Crippen LogP contribution in [0, 0.1) is 13.8 Å². The van der Waals surface area contributed by atoms with Crippen LogP contribution in [0.1, 0.15) is 30.5 Å². The Morgan fingerprint density at radius 2 is 1.76 bits per heavy atom. The number of nitrogens with one attached hydrogen (secondary N) is 1. The van der Waals surface area contributed by atoms with Gasteiger partial charge in [-0.25, -0.2) is 0 Å². The summed E-state index contributed by atoms with van der Waals surface area (Å²) in [5.41, 5.74) is 2.67. The van der Waals surface area contributed by atoms with Crippen molar-refractivity contribution in [3.63, 3.8) is 0 Å². The molecule has 0 aliphatic carbocycles. The summed E-state index contributed by atoms with van der Waals surface area (Å²) in [5, 5.41) is 2.85. The average molecular weight is 462 g/mol. The Bertz CT molecular complexity index is 1090. The van der Waals surface area contributed by atoms with Crippen molar-refractivity contribution < 1.29 is 32.2 Å². The number of alkyl halides is 3. The maximum atomic E-state index is 13.3. The predicted molar refractivity (Wildman–Crippen MR) is 117 cm³/mol. The average Bonchev–Trinajstić information content (AvgIpc) is 2.91. The first kappa shape index (κ1) is 24.3. The maximum Gasteiger partial charge on any atom is 0.573 e. The molecular weight excluding hydrogens is 437 g/mol. The molecule has 0 saturated carbocycles. The zero-order valence-electron chi connectivity index (χ0n) is 18.7. The number of carbonyl (C=O) groups excluding carboxylic acids is 2. The molecule has 1 heterocycles. The van der Waals surface area contributed by atoms with Crippen molar-refractivity contribution >= 4 is 23.1 Å². The smallest absolute Gasteiger partial charge is 0.406 e. The third-order valence-electron chi connectivity index (χ3n) is 4.92. The summed E-state index contributed by atoms with van der Waals surface area (Å²) in [6.07, 6.45) is -4.92. The van der Waals surface area contributed by atoms with Gasteiger partial charge in [0.2, 0.25) is 0 Å². The number of ether oxygens (including phenoxy) is 2. The predicted octanol–water partition coefficient (Wildman–Crippen LogP) is 4.82. The zero-order chi connectivity index (χ0) is 24.3. The van der Waals surface area contributed by atoms with Crippen molar-refractivity contribution in [1.82, 2.24) is 4.90 Å². The number of imide groups is 1. The molecule has 1 N–H and O–H groups in total. The van der Waals surface area contributed by atoms with Crippen LogP contribution < -0.4 is 10.1 Å². The lowest BCUT2D eigenvalue weighted by molar-refractivity contribution is -0.274. The Morgan fingerprint density at radius 3 is 2.39 bits per heavy atom. The van der Waals surface area contributed by atoms with E-state index in [1.54, 1.807) is 6.07 Å². The molecule has 0 spiro atoms. The van der Waals surface area contributed by atoms with Crippen LogP contribution in [0.5, 0.6) is 5.75 Å². The monoisotopic (exact) mass is 462 g/mol. The first-order chi connectivity index (χ1) is 15.5. The number of rotatable bonds is 8. The first-order valence-electron chi connectivity index (χ1n) is 10.4. The minimum absolute atomic E-state index is 0.0133. The van der Waals surface area contributed by atoms with Crippen LogP contribution in [-0.4, -0.2) is 42.3 Å². The molecule has 1 aliphatic heterocycles. The van der Waals surface area contributed by atoms with Crippen molar-refractivity contribution in [2.24, 2.45) is 0 Å². The van der Waals surface area contributed by atoms with E-state index in [1.807, 2.05) is 39.8 Å². The van der Waals surface area contributed by atoms with E-state index in [-0.39, 0.29) is 36.2 Å². The molecule has 0 fully saturated rings. The fourth-order valence-corrected chi connectivity index (χ4v) is 3.53. The number of nitrogens with zero attached hydrogens (tertiary/aromatic N) is 1. The SMILES string of the molecule is Cc1ccc(C2=C(Nc3cccc(OC(F)(F)F)c3)C(=O)N(CCOC(C)C)C2=O)c(C)c1. The van der Waals surface area contributed by atoms with Gasteiger partial charge < -0.3 is 14.8 Å². The quantitative estimate of drug-likeness (QED) is 0.570. The van der Waals surface area contributed by atoms with Crippen molar-refractivity contribution in [3.05, 3.63) is 64.9 Å². The Morgan fingerprint density at radius 1 is 1.03 bits per heavy atom. The molecule has 0 unspecified atom stereocenters. The molecule has 33 heavy (non-hydrogen) atoms. The largest absolute Gasteiger partial charge is 0.573 e. The number of hydrogen-bond acceptors (Lipinski definition) is 5. The summed E-state index contributed by atoms with van der Waals surface area (Å²) in [6.45, 7) is 7.64. The Labute approximate surface area is 190 Å². The lowest BCUT2D eigenvalue weighted by Crippen LogP contribution is -2.35. The van der Waals surface area contributed by atoms with Crippen LogP contribution in [0.15, 0.2) is 48.2 Å². The zero-order valence-corrected chi connectivity index (χ0v) is 18.7. The van der Waals surface area contributed by atoms with Crippen molar-refractivity contribution in [1.29, 1.82) is 0 Å². The minimum Gasteiger partial charge on any atom is -0.406 e. The van der Waals surface area contributed by atoms with Gasteiger partial charge in [-0.05, 0) is 51.0 Å². The van der Waals surface area contributed by atoms with Crippen LogP contribution in [-0.2, 0) is 14.3 Å². The molecule has 0 radical (unpaired) electrons. The molecule has 2 amide bonds. The highest BCUT2D eigenvalue weighted by molar-refractivity contribution is 6.36. The Balaban J connectivity index is 1.99. The van der Waals surface area contributed by atoms with E-state index in [4.69, 9.17) is 4.74 Å². The number of hydrogen-bond donors (Lipinski definition) is 1. The summed E-state index contributed by atoms with van der Waals surface area (Å²) in [6, 6.07) is 10.6. The van der Waals surface area contributed by atoms with Gasteiger partial charge in [-0.15, -0.1) is 13.2 Å². The second-order valence-electron chi connectivity index (χ2n) is 7.95. The minimum atomic E-state index is -4.85. The van der Waals surface area contributed by atoms with E-state index in [2.05, 4.69) is 10.1 Å². The van der Waals surface area contributed by atoms with E-state index < -0.39 is 23.9 Å². The third-order valence-corrected chi connectivity index (χ3v) is 4.92. The molecule has 176 valence electrons. The molecule has 2 aromatic rings. The number of anilines is 1. The summed E-state index contributed by atoms with van der Waals surface area (Å²) < 4.78 is 47.3. The number of benzene rings is 2. The van der Waals surface area contributed by atoms with Crippen molar-refractivity contribution in [2.45, 2.75) is 40.2 Å². The number of halogens is 3. The molecule has 9 heteroatoms. The van der Waals surface area contributed by atoms with Crippen molar-refractivity contribution in [3.8, 4) is 5.75 Å². The molecule has 3 rings (SSSR count). The standard InChI is InChI=1S/C24H25F3N2O4/c1-14(2)32-11-10-29-22(30)20(19-9-8-15(3)12-16(19)4)21(23(29)31)28-17-6-5-7-18(13-17)33-24(25,26)27/h5-9,12-14,28H,10-11H2,1-4H3. The highest BCUT2D eigenvalue weighted by Gasteiger charge is 2.39. The van der Waals surface area contributed by atoms with Gasteiger partial charge in [0.05, 0.1) is 24.8 Å². The van der Waals surface area contributed by atoms with Gasteiger partial charge in [0, 0.05) is 11.8 Å². The number of amides is 2. The topological polar surface area (TPSA) is 67.9 Å². The first-order valence-corrected chi connectivity index (χ1v) is 10.4. The second-order valence-corrected chi connectivity index (χ2v) is 7.95. The van der Waals surface area contributed by atoms with Gasteiger partial charge in [0.25, 0.3) is 11.8 Å². The fourth-order valence-electron chi connectivity index (χ4n) is 3.53. The molecular formula is C24H25F3N2O4. The summed E-state index contributed by atoms with van der Waals surface area (Å²) in [5.74, 6) is -1.52. The Hall–Kier alpha value is -3.33. The fraction of sp³-hybridized carbons (Fsp3) is 0.333. The molecule has 6 nitrogen and oxygen atoms in total. The van der Waals surface area contributed by atoms with Crippen LogP contribution in [0.4, 0.5) is 18.9 Å². The van der Waals surface area contributed by atoms with Gasteiger partial charge in [0.15, 0.2) is 0 Å². The van der Waals surface area contributed by atoms with Crippen LogP contribution in [0.2, 0.25) is 0 Å². The highest BCUT2D eigenvalue weighted by atomic mass is 19.4. The molecule has 0 saturated heterocycles. The van der Waals surface area contributed by atoms with E-state index in [0.29, 0.717) is 5.56 Å². The summed E-state index contributed by atoms with van der Waals surface area (Å²) >= 11 is 0. The van der Waals surface area contributed by atoms with E-state index >= 15 is 0 Å². The number of carbonyl (C=O) groups is 2. The van der Waals surface area contributed by atoms with Gasteiger partial charge in [0.1, 0.15) is 11.4 Å². The van der Waals surface area contributed by atoms with E-state index in [1.165, 1.54) is 12.1 Å². The number of aryl methyl sites for hydroxylation is 2. The van der Waals surface area contributed by atoms with E-state index in [9.17, 15) is 22.8 Å². The third kappa shape index (κ3) is 5.92. The molecule has 0 atom stereocenters. The highest BCUT2D eigenvalue weighted by Crippen LogP contribution is 2.33. The van der Waals surface area contributed by atoms with E-state index in [0.717, 1.165) is 28.2 Å². The maximum absolute atomic E-state index is 13.3. The molecule has 1 aliphatic rings. The van der Waals surface area contributed by atoms with Gasteiger partial charge in [-0.1, -0.05) is 29.8 Å². The normalized spacial score (nSPS) is 14.5. The lowest BCUT2D eigenvalue weighted by atomic mass is 9.97. The van der Waals surface area contributed by atoms with Crippen LogP contribution >= 0.6 is 0 Å². The van der Waals surface area contributed by atoms with Gasteiger partial charge in [-0.3, -0.25) is 14.5 Å². The van der Waals surface area contributed by atoms with Crippen LogP contribution in [0.25, 0.3) is 5.57 Å². The summed E-state index contributed by atoms with van der Waals surface area (Å²) in [4.78, 5) is 27.5. The van der Waals surface area contributed by atoms with Gasteiger partial charge >= 0.3 is 6.36 Å². The second kappa shape index (κ2) is 9.66. The van der Waals surface area contributed by atoms with Crippen molar-refractivity contribution in [2.75, 3.05) is 18.5 Å². The lowest BCUT2D eigenvalue weighted by Gasteiger charge is -2.16. The molecule has 2 aromatic carbocycles.